The van der Waals surface area contributed by atoms with Gasteiger partial charge < -0.3 is 0 Å². The van der Waals surface area contributed by atoms with E-state index >= 15 is 0 Å². The molecule has 6 heteroatoms. The van der Waals surface area contributed by atoms with Gasteiger partial charge in [0, 0.05) is 16.6 Å². The highest BCUT2D eigenvalue weighted by Crippen LogP contribution is 2.22. The Balaban J connectivity index is 2.18. The molecule has 100 valence electrons. The predicted molar refractivity (Wildman–Crippen MR) is 77.5 cm³/mol. The number of ketones is 1. The lowest BCUT2D eigenvalue weighted by Gasteiger charge is -2.05. The number of rotatable bonds is 5. The highest BCUT2D eigenvalue weighted by atomic mass is 79.9. The molecule has 0 amide bonds. The fourth-order valence-electron chi connectivity index (χ4n) is 1.78. The van der Waals surface area contributed by atoms with Gasteiger partial charge in [0.2, 0.25) is 0 Å². The molecule has 0 aliphatic carbocycles. The molecule has 1 heterocycles. The van der Waals surface area contributed by atoms with Gasteiger partial charge in [-0.05, 0) is 24.6 Å². The first-order valence-corrected chi connectivity index (χ1v) is 7.14. The van der Waals surface area contributed by atoms with E-state index in [1.165, 1.54) is 6.33 Å². The largest absolute Gasteiger partial charge is 0.294 e. The van der Waals surface area contributed by atoms with Crippen LogP contribution >= 0.6 is 27.5 Å². The summed E-state index contributed by atoms with van der Waals surface area (Å²) in [6.07, 6.45) is 2.63. The van der Waals surface area contributed by atoms with Crippen LogP contribution in [0.15, 0.2) is 29.0 Å². The molecule has 0 unspecified atom stereocenters. The van der Waals surface area contributed by atoms with Gasteiger partial charge in [-0.25, -0.2) is 9.67 Å². The van der Waals surface area contributed by atoms with E-state index in [-0.39, 0.29) is 12.2 Å². The number of hydrogen-bond donors (Lipinski definition) is 0. The Labute approximate surface area is 124 Å². The molecule has 0 saturated heterocycles. The van der Waals surface area contributed by atoms with Crippen molar-refractivity contribution in [2.24, 2.45) is 0 Å². The molecule has 0 saturated carbocycles. The van der Waals surface area contributed by atoms with Crippen molar-refractivity contribution >= 4 is 33.3 Å². The van der Waals surface area contributed by atoms with E-state index in [9.17, 15) is 4.79 Å². The molecule has 1 aromatic heterocycles. The smallest absolute Gasteiger partial charge is 0.171 e. The fourth-order valence-corrected chi connectivity index (χ4v) is 2.56. The average Bonchev–Trinajstić information content (AvgIpc) is 2.77. The molecule has 2 aromatic rings. The Morgan fingerprint density at radius 2 is 2.26 bits per heavy atom. The first kappa shape index (κ1) is 14.2. The summed E-state index contributed by atoms with van der Waals surface area (Å²) in [5, 5.41) is 4.55. The first-order valence-electron chi connectivity index (χ1n) is 5.96. The fraction of sp³-hybridized carbons (Fsp3) is 0.308. The number of nitrogens with zero attached hydrogens (tertiary/aromatic N) is 3. The van der Waals surface area contributed by atoms with E-state index in [0.717, 1.165) is 17.4 Å². The molecule has 0 spiro atoms. The van der Waals surface area contributed by atoms with Crippen molar-refractivity contribution in [3.63, 3.8) is 0 Å². The molecule has 0 aliphatic rings. The minimum absolute atomic E-state index is 0.0529. The second-order valence-corrected chi connectivity index (χ2v) is 5.45. The number of aromatic nitrogens is 3. The average molecular weight is 343 g/mol. The van der Waals surface area contributed by atoms with Crippen LogP contribution in [-0.4, -0.2) is 20.5 Å². The van der Waals surface area contributed by atoms with E-state index in [2.05, 4.69) is 32.9 Å². The Kier molecular flexibility index (Phi) is 4.71. The Morgan fingerprint density at radius 1 is 1.47 bits per heavy atom. The Hall–Kier alpha value is -1.20. The van der Waals surface area contributed by atoms with E-state index in [1.54, 1.807) is 22.9 Å². The molecule has 0 radical (unpaired) electrons. The van der Waals surface area contributed by atoms with Crippen molar-refractivity contribution in [3.05, 3.63) is 45.4 Å². The first-order chi connectivity index (χ1) is 9.11. The van der Waals surface area contributed by atoms with Gasteiger partial charge in [0.1, 0.15) is 12.2 Å². The molecule has 4 nitrogen and oxygen atoms in total. The van der Waals surface area contributed by atoms with Gasteiger partial charge in [0.05, 0.1) is 11.4 Å². The van der Waals surface area contributed by atoms with Crippen molar-refractivity contribution in [1.29, 1.82) is 0 Å². The molecule has 0 bridgehead atoms. The van der Waals surface area contributed by atoms with Crippen molar-refractivity contribution in [3.8, 4) is 0 Å². The van der Waals surface area contributed by atoms with Crippen molar-refractivity contribution < 1.29 is 4.79 Å². The summed E-state index contributed by atoms with van der Waals surface area (Å²) >= 11 is 9.39. The maximum atomic E-state index is 12.2. The maximum Gasteiger partial charge on any atom is 0.171 e. The van der Waals surface area contributed by atoms with E-state index in [4.69, 9.17) is 11.6 Å². The Morgan fingerprint density at radius 3 is 2.95 bits per heavy atom. The third kappa shape index (κ3) is 3.42. The molecule has 1 aromatic carbocycles. The van der Waals surface area contributed by atoms with Gasteiger partial charge in [0.25, 0.3) is 0 Å². The van der Waals surface area contributed by atoms with Crippen LogP contribution in [0.4, 0.5) is 0 Å². The van der Waals surface area contributed by atoms with Gasteiger partial charge in [-0.3, -0.25) is 4.79 Å². The second-order valence-electron chi connectivity index (χ2n) is 4.12. The molecule has 0 aliphatic heterocycles. The molecule has 0 fully saturated rings. The predicted octanol–water partition coefficient (Wildman–Crippen LogP) is 3.53. The van der Waals surface area contributed by atoms with Crippen molar-refractivity contribution in [2.45, 2.75) is 26.3 Å². The molecule has 0 N–H and O–H groups in total. The van der Waals surface area contributed by atoms with Crippen LogP contribution in [0.3, 0.4) is 0 Å². The van der Waals surface area contributed by atoms with E-state index in [0.29, 0.717) is 16.4 Å². The maximum absolute atomic E-state index is 12.2. The second kappa shape index (κ2) is 6.30. The lowest BCUT2D eigenvalue weighted by molar-refractivity contribution is 0.0989. The highest BCUT2D eigenvalue weighted by molar-refractivity contribution is 9.10. The van der Waals surface area contributed by atoms with Crippen LogP contribution in [0.25, 0.3) is 0 Å². The number of halogens is 2. The molecular weight excluding hydrogens is 330 g/mol. The third-order valence-electron chi connectivity index (χ3n) is 2.68. The standard InChI is InChI=1S/C13H13BrClN3O/c1-2-5-18-13(16-8-17-18)7-12(19)10-4-3-9(14)6-11(10)15/h3-4,6,8H,2,5,7H2,1H3. The van der Waals surface area contributed by atoms with Gasteiger partial charge in [-0.2, -0.15) is 5.10 Å². The third-order valence-corrected chi connectivity index (χ3v) is 3.49. The zero-order valence-electron chi connectivity index (χ0n) is 10.4. The summed E-state index contributed by atoms with van der Waals surface area (Å²) in [5.74, 6) is 0.619. The number of carbonyl (C=O) groups is 1. The highest BCUT2D eigenvalue weighted by Gasteiger charge is 2.14. The van der Waals surface area contributed by atoms with Crippen molar-refractivity contribution in [1.82, 2.24) is 14.8 Å². The number of aryl methyl sites for hydroxylation is 1. The van der Waals surface area contributed by atoms with Crippen molar-refractivity contribution in [2.75, 3.05) is 0 Å². The quantitative estimate of drug-likeness (QED) is 0.781. The SMILES string of the molecule is CCCn1ncnc1CC(=O)c1ccc(Br)cc1Cl. The van der Waals surface area contributed by atoms with Crippen LogP contribution in [-0.2, 0) is 13.0 Å². The summed E-state index contributed by atoms with van der Waals surface area (Å²) in [7, 11) is 0. The van der Waals surface area contributed by atoms with Crippen LogP contribution in [0.2, 0.25) is 5.02 Å². The van der Waals surface area contributed by atoms with Crippen LogP contribution in [0.1, 0.15) is 29.5 Å². The number of Topliss-reactive ketones (excluding diaryl/α,β-unsaturated/α-hetero) is 1. The number of benzene rings is 1. The zero-order valence-corrected chi connectivity index (χ0v) is 12.8. The summed E-state index contributed by atoms with van der Waals surface area (Å²) in [5.41, 5.74) is 0.510. The molecular formula is C13H13BrClN3O. The number of carbonyl (C=O) groups excluding carboxylic acids is 1. The summed E-state index contributed by atoms with van der Waals surface area (Å²) in [6.45, 7) is 2.82. The molecule has 2 rings (SSSR count). The zero-order chi connectivity index (χ0) is 13.8. The van der Waals surface area contributed by atoms with Gasteiger partial charge in [0.15, 0.2) is 5.78 Å². The minimum atomic E-state index is -0.0529. The summed E-state index contributed by atoms with van der Waals surface area (Å²) in [6, 6.07) is 5.23. The van der Waals surface area contributed by atoms with Crippen LogP contribution < -0.4 is 0 Å². The lowest BCUT2D eigenvalue weighted by atomic mass is 10.1. The van der Waals surface area contributed by atoms with Crippen LogP contribution in [0.5, 0.6) is 0 Å². The normalized spacial score (nSPS) is 10.7. The topological polar surface area (TPSA) is 47.8 Å². The minimum Gasteiger partial charge on any atom is -0.294 e. The van der Waals surface area contributed by atoms with E-state index < -0.39 is 0 Å². The van der Waals surface area contributed by atoms with E-state index in [1.807, 2.05) is 0 Å². The molecule has 19 heavy (non-hydrogen) atoms. The number of hydrogen-bond acceptors (Lipinski definition) is 3. The van der Waals surface area contributed by atoms with Crippen LogP contribution in [0, 0.1) is 0 Å². The molecule has 0 atom stereocenters. The summed E-state index contributed by atoms with van der Waals surface area (Å²) < 4.78 is 2.60. The Bertz CT molecular complexity index is 597. The lowest BCUT2D eigenvalue weighted by Crippen LogP contribution is -2.12. The summed E-state index contributed by atoms with van der Waals surface area (Å²) in [4.78, 5) is 16.3. The van der Waals surface area contributed by atoms with Gasteiger partial charge in [-0.1, -0.05) is 34.5 Å². The van der Waals surface area contributed by atoms with Gasteiger partial charge in [-0.15, -0.1) is 0 Å². The van der Waals surface area contributed by atoms with Gasteiger partial charge >= 0.3 is 0 Å². The monoisotopic (exact) mass is 341 g/mol.